The first-order valence-corrected chi connectivity index (χ1v) is 14.5. The van der Waals surface area contributed by atoms with Gasteiger partial charge in [-0.3, -0.25) is 0 Å². The predicted molar refractivity (Wildman–Crippen MR) is 186 cm³/mol. The normalized spacial score (nSPS) is 11.0. The lowest BCUT2D eigenvalue weighted by atomic mass is 10.2. The zero-order valence-corrected chi connectivity index (χ0v) is 28.9. The average molecular weight is 677 g/mol. The summed E-state index contributed by atoms with van der Waals surface area (Å²) >= 11 is 0. The van der Waals surface area contributed by atoms with E-state index in [0.29, 0.717) is 31.0 Å². The maximum absolute atomic E-state index is 10.7. The molecular formula is C36H52O12. The SMILES string of the molecule is C=C(C)C(=O)O.C=C(C)C(=O)OC.C=C(C)C(=O)OCC1CO1.C=CC(=O)OCCCC.C=CC(=O)OCCO.C=Cc1ccccc1. The van der Waals surface area contributed by atoms with Gasteiger partial charge >= 0.3 is 29.8 Å². The summed E-state index contributed by atoms with van der Waals surface area (Å²) in [6.07, 6.45) is 6.18. The van der Waals surface area contributed by atoms with Crippen molar-refractivity contribution in [2.24, 2.45) is 0 Å². The van der Waals surface area contributed by atoms with Gasteiger partial charge in [-0.15, -0.1) is 0 Å². The van der Waals surface area contributed by atoms with Crippen molar-refractivity contribution in [3.8, 4) is 0 Å². The molecule has 0 bridgehead atoms. The van der Waals surface area contributed by atoms with E-state index < -0.39 is 11.9 Å². The molecule has 1 atom stereocenters. The standard InChI is InChI=1S/C8H8.C7H10O3.C7H12O2.C5H8O3.C5H8O2.C4H6O2/c1-2-8-6-4-3-5-7-8;1-5(2)7(8)10-4-6-3-9-6;1-3-5-6-9-7(8)4-2;1-2-5(7)8-4-3-6;1-4(2)5(6)7-3;1-3(2)4(5)6/h2-7H,1H2;6H,1,3-4H2,2H3;4H,2-3,5-6H2,1H3;2,6H,1,3-4H2;1H2,2-3H3;1H2,2H3,(H,5,6). The second kappa shape index (κ2) is 34.8. The van der Waals surface area contributed by atoms with Crippen LogP contribution in [0.3, 0.4) is 0 Å². The van der Waals surface area contributed by atoms with Gasteiger partial charge in [-0.05, 0) is 32.8 Å². The Morgan fingerprint density at radius 3 is 1.56 bits per heavy atom. The van der Waals surface area contributed by atoms with Crippen LogP contribution in [0.15, 0.2) is 98.7 Å². The lowest BCUT2D eigenvalue weighted by Gasteiger charge is -1.99. The minimum absolute atomic E-state index is 0.0465. The number of methoxy groups -OCH3 is 1. The number of carboxylic acid groups (broad SMARTS) is 1. The first-order valence-electron chi connectivity index (χ1n) is 14.5. The van der Waals surface area contributed by atoms with Crippen LogP contribution in [-0.2, 0) is 47.7 Å². The summed E-state index contributed by atoms with van der Waals surface area (Å²) in [5.41, 5.74) is 2.21. The van der Waals surface area contributed by atoms with E-state index in [0.717, 1.165) is 18.9 Å². The van der Waals surface area contributed by atoms with Crippen molar-refractivity contribution in [3.05, 3.63) is 104 Å². The molecule has 0 saturated carbocycles. The van der Waals surface area contributed by atoms with Crippen LogP contribution in [0.1, 0.15) is 46.1 Å². The number of hydrogen-bond donors (Lipinski definition) is 2. The van der Waals surface area contributed by atoms with Crippen LogP contribution in [0.5, 0.6) is 0 Å². The third-order valence-corrected chi connectivity index (χ3v) is 4.50. The third-order valence-electron chi connectivity index (χ3n) is 4.50. The van der Waals surface area contributed by atoms with Gasteiger partial charge in [0.2, 0.25) is 0 Å². The Hall–Kier alpha value is -5.07. The van der Waals surface area contributed by atoms with Gasteiger partial charge in [0.25, 0.3) is 0 Å². The van der Waals surface area contributed by atoms with Crippen LogP contribution in [0, 0.1) is 0 Å². The van der Waals surface area contributed by atoms with Crippen LogP contribution in [0.2, 0.25) is 0 Å². The van der Waals surface area contributed by atoms with E-state index in [1.807, 2.05) is 43.3 Å². The van der Waals surface area contributed by atoms with Gasteiger partial charge < -0.3 is 33.9 Å². The highest BCUT2D eigenvalue weighted by atomic mass is 16.6. The fourth-order valence-electron chi connectivity index (χ4n) is 1.80. The van der Waals surface area contributed by atoms with Crippen LogP contribution < -0.4 is 0 Å². The highest BCUT2D eigenvalue weighted by Crippen LogP contribution is 2.09. The first-order chi connectivity index (χ1) is 22.6. The molecule has 0 aromatic heterocycles. The van der Waals surface area contributed by atoms with Crippen molar-refractivity contribution in [2.75, 3.05) is 40.1 Å². The predicted octanol–water partition coefficient (Wildman–Crippen LogP) is 5.44. The van der Waals surface area contributed by atoms with E-state index in [1.54, 1.807) is 13.8 Å². The highest BCUT2D eigenvalue weighted by molar-refractivity contribution is 5.87. The number of aliphatic hydroxyl groups excluding tert-OH is 1. The fraction of sp³-hybridized carbons (Fsp3) is 0.361. The summed E-state index contributed by atoms with van der Waals surface area (Å²) in [6.45, 7) is 28.2. The molecule has 268 valence electrons. The Morgan fingerprint density at radius 2 is 1.29 bits per heavy atom. The van der Waals surface area contributed by atoms with Crippen molar-refractivity contribution in [1.29, 1.82) is 0 Å². The molecule has 1 aromatic rings. The molecule has 1 unspecified atom stereocenters. The Bertz CT molecular complexity index is 1140. The molecule has 0 radical (unpaired) electrons. The molecule has 2 N–H and O–H groups in total. The van der Waals surface area contributed by atoms with Gasteiger partial charge in [-0.25, -0.2) is 24.0 Å². The second-order valence-electron chi connectivity index (χ2n) is 9.13. The molecule has 1 heterocycles. The van der Waals surface area contributed by atoms with Gasteiger partial charge in [-0.2, -0.15) is 0 Å². The van der Waals surface area contributed by atoms with Crippen molar-refractivity contribution in [1.82, 2.24) is 0 Å². The van der Waals surface area contributed by atoms with Gasteiger partial charge in [0, 0.05) is 28.9 Å². The van der Waals surface area contributed by atoms with E-state index in [-0.39, 0.29) is 42.8 Å². The van der Waals surface area contributed by atoms with Gasteiger partial charge in [0.05, 0.1) is 26.9 Å². The summed E-state index contributed by atoms with van der Waals surface area (Å²) in [5, 5.41) is 16.0. The van der Waals surface area contributed by atoms with Crippen LogP contribution in [-0.4, -0.2) is 86.3 Å². The number of carbonyl (C=O) groups is 5. The van der Waals surface area contributed by atoms with E-state index in [4.69, 9.17) is 19.7 Å². The van der Waals surface area contributed by atoms with E-state index in [9.17, 15) is 24.0 Å². The quantitative estimate of drug-likeness (QED) is 0.0891. The second-order valence-corrected chi connectivity index (χ2v) is 9.13. The summed E-state index contributed by atoms with van der Waals surface area (Å²) in [4.78, 5) is 51.0. The third kappa shape index (κ3) is 40.9. The first kappa shape index (κ1) is 49.8. The number of epoxide rings is 1. The summed E-state index contributed by atoms with van der Waals surface area (Å²) in [5.74, 6) is -2.45. The lowest BCUT2D eigenvalue weighted by molar-refractivity contribution is -0.140. The molecule has 0 aliphatic carbocycles. The molecule has 1 aliphatic heterocycles. The molecule has 1 aromatic carbocycles. The van der Waals surface area contributed by atoms with Crippen LogP contribution >= 0.6 is 0 Å². The number of carbonyl (C=O) groups excluding carboxylic acids is 4. The fourth-order valence-corrected chi connectivity index (χ4v) is 1.80. The number of rotatable bonds is 13. The molecule has 0 spiro atoms. The van der Waals surface area contributed by atoms with Crippen molar-refractivity contribution in [2.45, 2.75) is 46.6 Å². The van der Waals surface area contributed by atoms with Crippen molar-refractivity contribution < 1.29 is 57.9 Å². The molecule has 48 heavy (non-hydrogen) atoms. The minimum atomic E-state index is -0.935. The zero-order chi connectivity index (χ0) is 37.9. The number of esters is 4. The Kier molecular flexibility index (Phi) is 36.1. The Morgan fingerprint density at radius 1 is 0.833 bits per heavy atom. The number of benzene rings is 1. The maximum atomic E-state index is 10.7. The lowest BCUT2D eigenvalue weighted by Crippen LogP contribution is -2.09. The number of hydrogen-bond acceptors (Lipinski definition) is 11. The number of ether oxygens (including phenoxy) is 5. The monoisotopic (exact) mass is 676 g/mol. The minimum Gasteiger partial charge on any atom is -0.478 e. The van der Waals surface area contributed by atoms with Gasteiger partial charge in [0.1, 0.15) is 19.3 Å². The topological polar surface area (TPSA) is 175 Å². The number of unbranched alkanes of at least 4 members (excludes halogenated alkanes) is 1. The molecule has 0 amide bonds. The summed E-state index contributed by atoms with van der Waals surface area (Å²) < 4.78 is 22.9. The van der Waals surface area contributed by atoms with Crippen molar-refractivity contribution >= 4 is 35.9 Å². The highest BCUT2D eigenvalue weighted by Gasteiger charge is 2.24. The summed E-state index contributed by atoms with van der Waals surface area (Å²) in [7, 11) is 1.33. The van der Waals surface area contributed by atoms with Crippen molar-refractivity contribution in [3.63, 3.8) is 0 Å². The van der Waals surface area contributed by atoms with E-state index in [2.05, 4.69) is 53.7 Å². The largest absolute Gasteiger partial charge is 0.478 e. The molecule has 1 saturated heterocycles. The molecular weight excluding hydrogens is 624 g/mol. The maximum Gasteiger partial charge on any atom is 0.333 e. The number of aliphatic hydroxyl groups is 1. The number of carboxylic acids is 1. The van der Waals surface area contributed by atoms with Crippen LogP contribution in [0.25, 0.3) is 6.08 Å². The van der Waals surface area contributed by atoms with E-state index in [1.165, 1.54) is 25.7 Å². The average Bonchev–Trinajstić information content (AvgIpc) is 3.92. The molecule has 12 nitrogen and oxygen atoms in total. The molecule has 1 aliphatic rings. The summed E-state index contributed by atoms with van der Waals surface area (Å²) in [6, 6.07) is 10.0. The molecule has 2 rings (SSSR count). The Labute approximate surface area is 284 Å². The van der Waals surface area contributed by atoms with Crippen LogP contribution in [0.4, 0.5) is 0 Å². The molecule has 12 heteroatoms. The van der Waals surface area contributed by atoms with Gasteiger partial charge in [0.15, 0.2) is 0 Å². The smallest absolute Gasteiger partial charge is 0.333 e. The van der Waals surface area contributed by atoms with E-state index >= 15 is 0 Å². The number of aliphatic carboxylic acids is 1. The van der Waals surface area contributed by atoms with Gasteiger partial charge in [-0.1, -0.05) is 89.2 Å². The molecule has 1 fully saturated rings. The Balaban J connectivity index is -0.000000244. The zero-order valence-electron chi connectivity index (χ0n) is 28.9.